The highest BCUT2D eigenvalue weighted by Gasteiger charge is 2.31. The van der Waals surface area contributed by atoms with Gasteiger partial charge in [-0.1, -0.05) is 11.3 Å². The number of hydrogen-bond acceptors (Lipinski definition) is 5. The number of nitrogens with zero attached hydrogens (tertiary/aromatic N) is 2. The van der Waals surface area contributed by atoms with Crippen molar-refractivity contribution in [3.05, 3.63) is 40.7 Å². The van der Waals surface area contributed by atoms with E-state index in [1.165, 1.54) is 39.9 Å². The number of urea groups is 1. The third kappa shape index (κ3) is 4.02. The summed E-state index contributed by atoms with van der Waals surface area (Å²) in [4.78, 5) is 17.2. The Morgan fingerprint density at radius 2 is 1.96 bits per heavy atom. The molecule has 1 aromatic heterocycles. The minimum Gasteiger partial charge on any atom is -0.308 e. The molecule has 1 aromatic carbocycles. The fourth-order valence-corrected chi connectivity index (χ4v) is 4.89. The fourth-order valence-electron chi connectivity index (χ4n) is 2.53. The minimum absolute atomic E-state index is 0.273. The van der Waals surface area contributed by atoms with Crippen LogP contribution in [0.3, 0.4) is 0 Å². The van der Waals surface area contributed by atoms with Crippen LogP contribution in [0.5, 0.6) is 0 Å². The van der Waals surface area contributed by atoms with Gasteiger partial charge in [-0.2, -0.15) is 4.31 Å². The van der Waals surface area contributed by atoms with Crippen molar-refractivity contribution in [1.82, 2.24) is 9.29 Å². The summed E-state index contributed by atoms with van der Waals surface area (Å²) in [6, 6.07) is 4.92. The molecular formula is C16H19FN4O3S2. The van der Waals surface area contributed by atoms with Gasteiger partial charge >= 0.3 is 6.03 Å². The number of benzene rings is 1. The van der Waals surface area contributed by atoms with E-state index >= 15 is 0 Å². The van der Waals surface area contributed by atoms with Crippen LogP contribution < -0.4 is 10.6 Å². The summed E-state index contributed by atoms with van der Waals surface area (Å²) in [5, 5.41) is 5.15. The van der Waals surface area contributed by atoms with Crippen molar-refractivity contribution < 1.29 is 17.6 Å². The molecule has 1 aliphatic rings. The van der Waals surface area contributed by atoms with Crippen molar-refractivity contribution in [3.63, 3.8) is 0 Å². The highest BCUT2D eigenvalue weighted by atomic mass is 32.2. The van der Waals surface area contributed by atoms with E-state index in [0.717, 1.165) is 10.6 Å². The zero-order chi connectivity index (χ0) is 18.9. The number of nitrogens with one attached hydrogen (secondary N) is 2. The Kier molecular flexibility index (Phi) is 5.26. The second-order valence-corrected chi connectivity index (χ2v) is 9.72. The molecule has 0 unspecified atom stereocenters. The van der Waals surface area contributed by atoms with Crippen molar-refractivity contribution in [3.8, 4) is 0 Å². The van der Waals surface area contributed by atoms with Crippen molar-refractivity contribution in [2.45, 2.75) is 32.1 Å². The van der Waals surface area contributed by atoms with E-state index in [2.05, 4.69) is 15.6 Å². The Morgan fingerprint density at radius 3 is 2.62 bits per heavy atom. The van der Waals surface area contributed by atoms with Crippen LogP contribution in [0, 0.1) is 5.82 Å². The number of fused-ring (bicyclic) bond motifs is 1. The maximum atomic E-state index is 12.9. The van der Waals surface area contributed by atoms with Gasteiger partial charge in [0.25, 0.3) is 0 Å². The maximum absolute atomic E-state index is 12.9. The number of anilines is 2. The highest BCUT2D eigenvalue weighted by Crippen LogP contribution is 2.30. The first-order valence-electron chi connectivity index (χ1n) is 8.07. The molecule has 0 atom stereocenters. The molecule has 0 fully saturated rings. The number of rotatable bonds is 4. The van der Waals surface area contributed by atoms with Crippen molar-refractivity contribution in [2.75, 3.05) is 17.2 Å². The van der Waals surface area contributed by atoms with Crippen LogP contribution in [0.1, 0.15) is 24.4 Å². The molecule has 3 rings (SSSR count). The zero-order valence-electron chi connectivity index (χ0n) is 14.3. The predicted molar refractivity (Wildman–Crippen MR) is 99.3 cm³/mol. The summed E-state index contributed by atoms with van der Waals surface area (Å²) in [6.07, 6.45) is 0.513. The van der Waals surface area contributed by atoms with Gasteiger partial charge in [-0.25, -0.2) is 22.6 Å². The Hall–Kier alpha value is -2.04. The van der Waals surface area contributed by atoms with Crippen LogP contribution in [0.2, 0.25) is 0 Å². The number of halogens is 1. The average Bonchev–Trinajstić information content (AvgIpc) is 2.97. The standard InChI is InChI=1S/C16H19FN4O3S2/c1-10(2)26(23,24)21-8-7-13-14(9-21)25-16(19-13)20-15(22)18-12-5-3-11(17)4-6-12/h3-6,10H,7-9H2,1-2H3,(H2,18,19,20,22). The van der Waals surface area contributed by atoms with Crippen LogP contribution in [0.4, 0.5) is 20.0 Å². The Labute approximate surface area is 155 Å². The van der Waals surface area contributed by atoms with Gasteiger partial charge in [0.15, 0.2) is 5.13 Å². The lowest BCUT2D eigenvalue weighted by Gasteiger charge is -2.26. The Bertz CT molecular complexity index is 910. The first-order valence-corrected chi connectivity index (χ1v) is 10.4. The van der Waals surface area contributed by atoms with E-state index in [-0.39, 0.29) is 12.4 Å². The largest absolute Gasteiger partial charge is 0.325 e. The second-order valence-electron chi connectivity index (χ2n) is 6.15. The van der Waals surface area contributed by atoms with Gasteiger partial charge in [0.2, 0.25) is 10.0 Å². The predicted octanol–water partition coefficient (Wildman–Crippen LogP) is 3.02. The van der Waals surface area contributed by atoms with Gasteiger partial charge in [0, 0.05) is 30.1 Å². The number of thiazole rings is 1. The number of sulfonamides is 1. The third-order valence-corrected chi connectivity index (χ3v) is 7.20. The number of carbonyl (C=O) groups excluding carboxylic acids is 1. The molecule has 26 heavy (non-hydrogen) atoms. The van der Waals surface area contributed by atoms with Crippen LogP contribution in [0.15, 0.2) is 24.3 Å². The number of aromatic nitrogens is 1. The molecule has 7 nitrogen and oxygen atoms in total. The van der Waals surface area contributed by atoms with Gasteiger partial charge in [-0.05, 0) is 38.1 Å². The quantitative estimate of drug-likeness (QED) is 0.828. The highest BCUT2D eigenvalue weighted by molar-refractivity contribution is 7.89. The van der Waals surface area contributed by atoms with Crippen molar-refractivity contribution in [1.29, 1.82) is 0 Å². The molecule has 2 heterocycles. The third-order valence-electron chi connectivity index (χ3n) is 3.97. The summed E-state index contributed by atoms with van der Waals surface area (Å²) in [7, 11) is -3.32. The molecule has 0 saturated carbocycles. The lowest BCUT2D eigenvalue weighted by atomic mass is 10.2. The van der Waals surface area contributed by atoms with E-state index in [1.807, 2.05) is 0 Å². The molecule has 0 saturated heterocycles. The van der Waals surface area contributed by atoms with E-state index in [4.69, 9.17) is 0 Å². The van der Waals surface area contributed by atoms with Crippen molar-refractivity contribution in [2.24, 2.45) is 0 Å². The van der Waals surface area contributed by atoms with Crippen LogP contribution in [-0.4, -0.2) is 35.5 Å². The molecule has 2 amide bonds. The first kappa shape index (κ1) is 18.7. The average molecular weight is 398 g/mol. The van der Waals surface area contributed by atoms with Crippen LogP contribution >= 0.6 is 11.3 Å². The molecule has 0 bridgehead atoms. The van der Waals surface area contributed by atoms with E-state index in [1.54, 1.807) is 13.8 Å². The molecular weight excluding hydrogens is 379 g/mol. The molecule has 2 aromatic rings. The first-order chi connectivity index (χ1) is 12.3. The van der Waals surface area contributed by atoms with Gasteiger partial charge < -0.3 is 5.32 Å². The van der Waals surface area contributed by atoms with Crippen LogP contribution in [0.25, 0.3) is 0 Å². The number of amides is 2. The summed E-state index contributed by atoms with van der Waals surface area (Å²) in [6.45, 7) is 3.97. The number of hydrogen-bond donors (Lipinski definition) is 2. The Morgan fingerprint density at radius 1 is 1.27 bits per heavy atom. The molecule has 1 aliphatic heterocycles. The van der Waals surface area contributed by atoms with E-state index in [9.17, 15) is 17.6 Å². The summed E-state index contributed by atoms with van der Waals surface area (Å²) in [5.74, 6) is -0.385. The Balaban J connectivity index is 1.66. The summed E-state index contributed by atoms with van der Waals surface area (Å²) >= 11 is 1.26. The molecule has 140 valence electrons. The molecule has 0 spiro atoms. The van der Waals surface area contributed by atoms with E-state index in [0.29, 0.717) is 23.8 Å². The number of carbonyl (C=O) groups is 1. The fraction of sp³-hybridized carbons (Fsp3) is 0.375. The molecule has 2 N–H and O–H groups in total. The van der Waals surface area contributed by atoms with Gasteiger partial charge in [0.1, 0.15) is 5.82 Å². The van der Waals surface area contributed by atoms with E-state index < -0.39 is 21.3 Å². The van der Waals surface area contributed by atoms with Crippen molar-refractivity contribution >= 4 is 38.2 Å². The second kappa shape index (κ2) is 7.29. The summed E-state index contributed by atoms with van der Waals surface area (Å²) < 4.78 is 39.0. The normalized spacial score (nSPS) is 14.9. The minimum atomic E-state index is -3.32. The lowest BCUT2D eigenvalue weighted by molar-refractivity contribution is 0.262. The molecule has 0 aliphatic carbocycles. The zero-order valence-corrected chi connectivity index (χ0v) is 16.0. The molecule has 0 radical (unpaired) electrons. The van der Waals surface area contributed by atoms with Gasteiger partial charge in [-0.15, -0.1) is 0 Å². The topological polar surface area (TPSA) is 91.4 Å². The summed E-state index contributed by atoms with van der Waals surface area (Å²) in [5.41, 5.74) is 1.27. The van der Waals surface area contributed by atoms with Gasteiger partial charge in [0.05, 0.1) is 10.9 Å². The molecule has 10 heteroatoms. The lowest BCUT2D eigenvalue weighted by Crippen LogP contribution is -2.39. The maximum Gasteiger partial charge on any atom is 0.325 e. The SMILES string of the molecule is CC(C)S(=O)(=O)N1CCc2nc(NC(=O)Nc3ccc(F)cc3)sc2C1. The smallest absolute Gasteiger partial charge is 0.308 e. The van der Waals surface area contributed by atoms with Crippen LogP contribution in [-0.2, 0) is 23.0 Å². The van der Waals surface area contributed by atoms with Gasteiger partial charge in [-0.3, -0.25) is 5.32 Å². The monoisotopic (exact) mass is 398 g/mol.